The molecule has 4 saturated heterocycles. The number of carboxylic acids is 1. The van der Waals surface area contributed by atoms with Crippen molar-refractivity contribution in [1.29, 1.82) is 0 Å². The predicted molar refractivity (Wildman–Crippen MR) is 142 cm³/mol. The summed E-state index contributed by atoms with van der Waals surface area (Å²) in [5.74, 6) is -13.2. The summed E-state index contributed by atoms with van der Waals surface area (Å²) in [5.41, 5.74) is 14.3. The minimum absolute atomic E-state index is 0.501. The average Bonchev–Trinajstić information content (AvgIpc) is 3.22. The Kier molecular flexibility index (Phi) is 11.0. The summed E-state index contributed by atoms with van der Waals surface area (Å²) in [6.45, 7) is -2.34. The smallest absolute Gasteiger partial charge is 0.405 e. The number of Topliss-reactive ketones (excluding diaryl/α,β-unsaturated/α-hetero) is 1. The van der Waals surface area contributed by atoms with Crippen LogP contribution in [0, 0.1) is 5.92 Å². The number of carboxylic acid groups (broad SMARTS) is 1. The van der Waals surface area contributed by atoms with Crippen LogP contribution in [0.5, 0.6) is 0 Å². The molecule has 0 aromatic carbocycles. The van der Waals surface area contributed by atoms with Crippen molar-refractivity contribution in [2.45, 2.75) is 104 Å². The van der Waals surface area contributed by atoms with Crippen molar-refractivity contribution in [3.05, 3.63) is 0 Å². The van der Waals surface area contributed by atoms with Gasteiger partial charge in [0.15, 0.2) is 24.7 Å². The number of aliphatic hydroxyl groups excluding tert-OH is 6. The maximum absolute atomic E-state index is 13.6. The number of carbonyl (C=O) groups is 2. The first-order valence-corrected chi connectivity index (χ1v) is 15.4. The highest BCUT2D eigenvalue weighted by atomic mass is 32.3. The van der Waals surface area contributed by atoms with Crippen LogP contribution in [0.1, 0.15) is 13.3 Å². The van der Waals surface area contributed by atoms with Gasteiger partial charge in [0.1, 0.15) is 48.6 Å². The van der Waals surface area contributed by atoms with Gasteiger partial charge in [-0.2, -0.15) is 8.42 Å². The van der Waals surface area contributed by atoms with Gasteiger partial charge in [0, 0.05) is 0 Å². The lowest BCUT2D eigenvalue weighted by Crippen LogP contribution is -2.83. The van der Waals surface area contributed by atoms with Crippen LogP contribution < -0.4 is 17.2 Å². The second-order valence-corrected chi connectivity index (χ2v) is 12.5. The molecule has 4 heterocycles. The first-order chi connectivity index (χ1) is 21.8. The van der Waals surface area contributed by atoms with Gasteiger partial charge in [-0.1, -0.05) is 6.92 Å². The number of hydrogen-bond acceptors (Lipinski definition) is 22. The standard InChI is InChI=1S/C23H39N3O20S/c1-2-6(17(33)34)16(32)21(5-29)23(37)22(36,45-47(38,39)46-23)15(26)20(44-21)43-14-8(4-28)41-19(10(25)12(14)31)42-13-7(3-27)40-18(35)9(24)11(13)30/h6-15,18-20,27-31,35-37H,2-5,24-26H2,1H3,(H,33,34)/t6?,7-,8-,9-,10-,11-,12-,13?,14?,15-,18-,19+,20+,21-,22-,23+/m1/s1. The summed E-state index contributed by atoms with van der Waals surface area (Å²) in [6, 6.07) is -5.48. The minimum atomic E-state index is -5.43. The van der Waals surface area contributed by atoms with Crippen molar-refractivity contribution in [3.8, 4) is 0 Å². The van der Waals surface area contributed by atoms with Gasteiger partial charge in [0.25, 0.3) is 11.6 Å². The highest BCUT2D eigenvalue weighted by molar-refractivity contribution is 7.82. The van der Waals surface area contributed by atoms with E-state index in [4.69, 9.17) is 40.9 Å². The third-order valence-corrected chi connectivity index (χ3v) is 9.50. The van der Waals surface area contributed by atoms with Crippen molar-refractivity contribution in [3.63, 3.8) is 0 Å². The molecule has 4 aliphatic heterocycles. The number of fused-ring (bicyclic) bond motifs is 1. The molecule has 0 spiro atoms. The highest BCUT2D eigenvalue weighted by Crippen LogP contribution is 2.53. The molecule has 0 bridgehead atoms. The number of carbonyl (C=O) groups excluding carboxylic acids is 1. The molecule has 272 valence electrons. The van der Waals surface area contributed by atoms with Crippen molar-refractivity contribution in [2.24, 2.45) is 23.1 Å². The molecule has 0 aromatic rings. The number of ketones is 1. The fourth-order valence-electron chi connectivity index (χ4n) is 5.88. The second kappa shape index (κ2) is 13.6. The topological polar surface area (TPSA) is 393 Å². The predicted octanol–water partition coefficient (Wildman–Crippen LogP) is -8.68. The van der Waals surface area contributed by atoms with Crippen LogP contribution in [0.4, 0.5) is 0 Å². The lowest BCUT2D eigenvalue weighted by molar-refractivity contribution is -0.439. The second-order valence-electron chi connectivity index (χ2n) is 11.4. The average molecular weight is 710 g/mol. The molecule has 0 aromatic heterocycles. The molecular weight excluding hydrogens is 670 g/mol. The van der Waals surface area contributed by atoms with E-state index in [0.717, 1.165) is 0 Å². The van der Waals surface area contributed by atoms with Gasteiger partial charge in [-0.05, 0) is 6.42 Å². The maximum atomic E-state index is 13.6. The van der Waals surface area contributed by atoms with Crippen LogP contribution >= 0.6 is 0 Å². The Morgan fingerprint density at radius 3 is 1.91 bits per heavy atom. The molecule has 4 rings (SSSR count). The fourth-order valence-corrected chi connectivity index (χ4v) is 7.00. The van der Waals surface area contributed by atoms with Gasteiger partial charge in [-0.3, -0.25) is 9.59 Å². The van der Waals surface area contributed by atoms with Gasteiger partial charge in [0.2, 0.25) is 5.60 Å². The monoisotopic (exact) mass is 709 g/mol. The molecular formula is C23H39N3O20S. The Bertz CT molecular complexity index is 1280. The van der Waals surface area contributed by atoms with Crippen molar-refractivity contribution < 1.29 is 96.0 Å². The maximum Gasteiger partial charge on any atom is 0.405 e. The van der Waals surface area contributed by atoms with E-state index in [0.29, 0.717) is 0 Å². The molecule has 0 saturated carbocycles. The zero-order chi connectivity index (χ0) is 35.4. The molecule has 0 amide bonds. The Balaban J connectivity index is 1.67. The van der Waals surface area contributed by atoms with E-state index in [1.807, 2.05) is 0 Å². The molecule has 16 atom stereocenters. The molecule has 4 aliphatic rings. The molecule has 3 unspecified atom stereocenters. The van der Waals surface area contributed by atoms with Crippen molar-refractivity contribution >= 4 is 22.2 Å². The third-order valence-electron chi connectivity index (χ3n) is 8.59. The zero-order valence-electron chi connectivity index (χ0n) is 24.5. The number of nitrogens with two attached hydrogens (primary N) is 3. The first-order valence-electron chi connectivity index (χ1n) is 14.1. The first kappa shape index (κ1) is 38.2. The minimum Gasteiger partial charge on any atom is -0.481 e. The summed E-state index contributed by atoms with van der Waals surface area (Å²) in [7, 11) is -5.43. The van der Waals surface area contributed by atoms with E-state index in [9.17, 15) is 64.0 Å². The summed E-state index contributed by atoms with van der Waals surface area (Å²) in [6.07, 6.45) is -16.4. The quantitative estimate of drug-likeness (QED) is 0.0886. The Morgan fingerprint density at radius 2 is 1.40 bits per heavy atom. The van der Waals surface area contributed by atoms with Crippen LogP contribution in [-0.4, -0.2) is 177 Å². The SMILES string of the molecule is CCC(C(=O)O)C(=O)[C@@]1(CO)O[C@H](OC2[C@@H](CO)O[C@@H](OC3[C@@H](CO)O[C@@H](O)[C@H](N)[C@H]3O)[C@H](N)[C@H]2O)[C@@H](N)[C@@]2(O)OS(=O)(=O)O[C@@]12O. The van der Waals surface area contributed by atoms with Gasteiger partial charge in [-0.15, -0.1) is 0 Å². The van der Waals surface area contributed by atoms with Gasteiger partial charge < -0.3 is 86.8 Å². The number of ether oxygens (including phenoxy) is 5. The number of rotatable bonds is 11. The van der Waals surface area contributed by atoms with E-state index in [-0.39, 0.29) is 0 Å². The lowest BCUT2D eigenvalue weighted by Gasteiger charge is -2.55. The molecule has 0 aliphatic carbocycles. The van der Waals surface area contributed by atoms with E-state index < -0.39 is 145 Å². The van der Waals surface area contributed by atoms with Crippen molar-refractivity contribution in [2.75, 3.05) is 19.8 Å². The Hall–Kier alpha value is -1.63. The van der Waals surface area contributed by atoms with Crippen molar-refractivity contribution in [1.82, 2.24) is 0 Å². The van der Waals surface area contributed by atoms with Crippen LogP contribution in [0.3, 0.4) is 0 Å². The number of aliphatic hydroxyl groups is 8. The summed E-state index contributed by atoms with van der Waals surface area (Å²) >= 11 is 0. The molecule has 4 fully saturated rings. The van der Waals surface area contributed by atoms with Gasteiger partial charge in [-0.25, -0.2) is 8.37 Å². The Labute approximate surface area is 265 Å². The molecule has 23 nitrogen and oxygen atoms in total. The summed E-state index contributed by atoms with van der Waals surface area (Å²) in [5, 5.41) is 93.9. The molecule has 15 N–H and O–H groups in total. The van der Waals surface area contributed by atoms with E-state index in [1.54, 1.807) is 0 Å². The summed E-state index contributed by atoms with van der Waals surface area (Å²) < 4.78 is 61.1. The highest BCUT2D eigenvalue weighted by Gasteiger charge is 2.83. The van der Waals surface area contributed by atoms with E-state index in [2.05, 4.69) is 8.37 Å². The normalized spacial score (nSPS) is 48.9. The molecule has 47 heavy (non-hydrogen) atoms. The molecule has 24 heteroatoms. The van der Waals surface area contributed by atoms with Gasteiger partial charge >= 0.3 is 16.4 Å². The van der Waals surface area contributed by atoms with Crippen LogP contribution in [0.2, 0.25) is 0 Å². The van der Waals surface area contributed by atoms with E-state index >= 15 is 0 Å². The van der Waals surface area contributed by atoms with Crippen LogP contribution in [0.25, 0.3) is 0 Å². The lowest BCUT2D eigenvalue weighted by atomic mass is 9.73. The zero-order valence-corrected chi connectivity index (χ0v) is 25.3. The summed E-state index contributed by atoms with van der Waals surface area (Å²) in [4.78, 5) is 25.4. The number of aliphatic carboxylic acids is 1. The largest absolute Gasteiger partial charge is 0.481 e. The van der Waals surface area contributed by atoms with Gasteiger partial charge in [0.05, 0.1) is 31.9 Å². The van der Waals surface area contributed by atoms with E-state index in [1.165, 1.54) is 6.92 Å². The number of hydrogen-bond donors (Lipinski definition) is 12. The van der Waals surface area contributed by atoms with Crippen LogP contribution in [-0.2, 0) is 52.0 Å². The fraction of sp³-hybridized carbons (Fsp3) is 0.913. The Morgan fingerprint density at radius 1 is 0.872 bits per heavy atom. The third kappa shape index (κ3) is 6.09. The molecule has 0 radical (unpaired) electrons. The van der Waals surface area contributed by atoms with Crippen LogP contribution in [0.15, 0.2) is 0 Å².